The molecule has 1 aliphatic carbocycles. The lowest BCUT2D eigenvalue weighted by Gasteiger charge is -2.07. The van der Waals surface area contributed by atoms with Crippen molar-refractivity contribution >= 4 is 29.2 Å². The summed E-state index contributed by atoms with van der Waals surface area (Å²) in [6, 6.07) is 6.31. The van der Waals surface area contributed by atoms with Crippen molar-refractivity contribution in [3.05, 3.63) is 35.0 Å². The molecule has 1 fully saturated rings. The van der Waals surface area contributed by atoms with E-state index < -0.39 is 0 Å². The molecular weight excluding hydrogens is 298 g/mol. The third-order valence-electron chi connectivity index (χ3n) is 4.28. The van der Waals surface area contributed by atoms with Crippen LogP contribution >= 0.6 is 12.4 Å². The summed E-state index contributed by atoms with van der Waals surface area (Å²) < 4.78 is 0. The summed E-state index contributed by atoms with van der Waals surface area (Å²) in [5, 5.41) is 7.42. The maximum absolute atomic E-state index is 11.8. The number of rotatable bonds is 6. The number of aromatic nitrogens is 1. The van der Waals surface area contributed by atoms with Gasteiger partial charge < -0.3 is 15.6 Å². The topological polar surface area (TPSA) is 56.9 Å². The van der Waals surface area contributed by atoms with Crippen molar-refractivity contribution in [1.82, 2.24) is 15.6 Å². The van der Waals surface area contributed by atoms with Crippen molar-refractivity contribution in [2.45, 2.75) is 33.2 Å². The molecule has 1 aromatic carbocycles. The standard InChI is InChI=1S/C17H23N3O.ClH/c1-11-12(2)20-16-6-5-14(7-15(11)16)9-19-17(21)10-18-8-13-3-4-13;/h5-7,13,18,20H,3-4,8-10H2,1-2H3,(H,19,21);1H. The third kappa shape index (κ3) is 4.02. The van der Waals surface area contributed by atoms with Crippen LogP contribution in [0.2, 0.25) is 0 Å². The van der Waals surface area contributed by atoms with E-state index in [1.807, 2.05) is 0 Å². The van der Waals surface area contributed by atoms with Gasteiger partial charge in [-0.25, -0.2) is 0 Å². The van der Waals surface area contributed by atoms with Crippen LogP contribution in [0.3, 0.4) is 0 Å². The van der Waals surface area contributed by atoms with Crippen LogP contribution < -0.4 is 10.6 Å². The van der Waals surface area contributed by atoms with Crippen LogP contribution in [0.5, 0.6) is 0 Å². The monoisotopic (exact) mass is 321 g/mol. The lowest BCUT2D eigenvalue weighted by molar-refractivity contribution is -0.120. The number of nitrogens with one attached hydrogen (secondary N) is 3. The molecule has 1 aromatic heterocycles. The first-order chi connectivity index (χ1) is 10.1. The molecule has 1 aliphatic rings. The Morgan fingerprint density at radius 1 is 1.32 bits per heavy atom. The molecule has 1 amide bonds. The Hall–Kier alpha value is -1.52. The number of H-pyrrole nitrogens is 1. The number of aryl methyl sites for hydroxylation is 2. The quantitative estimate of drug-likeness (QED) is 0.766. The number of carbonyl (C=O) groups excluding carboxylic acids is 1. The smallest absolute Gasteiger partial charge is 0.234 e. The van der Waals surface area contributed by atoms with E-state index >= 15 is 0 Å². The Morgan fingerprint density at radius 2 is 2.09 bits per heavy atom. The van der Waals surface area contributed by atoms with Crippen LogP contribution in [0.4, 0.5) is 0 Å². The largest absolute Gasteiger partial charge is 0.358 e. The van der Waals surface area contributed by atoms with Gasteiger partial charge in [-0.2, -0.15) is 0 Å². The second-order valence-electron chi connectivity index (χ2n) is 6.11. The zero-order valence-corrected chi connectivity index (χ0v) is 14.0. The average Bonchev–Trinajstić information content (AvgIpc) is 3.25. The predicted molar refractivity (Wildman–Crippen MR) is 92.5 cm³/mol. The van der Waals surface area contributed by atoms with Gasteiger partial charge in [-0.15, -0.1) is 12.4 Å². The summed E-state index contributed by atoms with van der Waals surface area (Å²) in [5.74, 6) is 0.873. The first-order valence-corrected chi connectivity index (χ1v) is 7.68. The first-order valence-electron chi connectivity index (χ1n) is 7.68. The molecule has 0 bridgehead atoms. The van der Waals surface area contributed by atoms with Crippen molar-refractivity contribution in [1.29, 1.82) is 0 Å². The summed E-state index contributed by atoms with van der Waals surface area (Å²) >= 11 is 0. The second-order valence-corrected chi connectivity index (χ2v) is 6.11. The summed E-state index contributed by atoms with van der Waals surface area (Å²) in [6.07, 6.45) is 2.62. The molecule has 3 rings (SSSR count). The maximum atomic E-state index is 11.8. The molecule has 1 heterocycles. The van der Waals surface area contributed by atoms with Crippen LogP contribution in [-0.4, -0.2) is 24.0 Å². The van der Waals surface area contributed by atoms with Crippen LogP contribution in [0.15, 0.2) is 18.2 Å². The molecule has 0 unspecified atom stereocenters. The maximum Gasteiger partial charge on any atom is 0.234 e. The van der Waals surface area contributed by atoms with E-state index in [0.29, 0.717) is 13.1 Å². The van der Waals surface area contributed by atoms with Crippen LogP contribution in [-0.2, 0) is 11.3 Å². The van der Waals surface area contributed by atoms with E-state index in [-0.39, 0.29) is 18.3 Å². The number of aromatic amines is 1. The molecule has 4 nitrogen and oxygen atoms in total. The fourth-order valence-electron chi connectivity index (χ4n) is 2.59. The number of benzene rings is 1. The molecule has 5 heteroatoms. The zero-order chi connectivity index (χ0) is 14.8. The molecule has 22 heavy (non-hydrogen) atoms. The van der Waals surface area contributed by atoms with Gasteiger partial charge in [0, 0.05) is 23.1 Å². The fraction of sp³-hybridized carbons (Fsp3) is 0.471. The second kappa shape index (κ2) is 7.16. The Morgan fingerprint density at radius 3 is 2.82 bits per heavy atom. The highest BCUT2D eigenvalue weighted by atomic mass is 35.5. The summed E-state index contributed by atoms with van der Waals surface area (Å²) in [4.78, 5) is 15.1. The van der Waals surface area contributed by atoms with Crippen LogP contribution in [0.25, 0.3) is 10.9 Å². The Labute approximate surface area is 137 Å². The lowest BCUT2D eigenvalue weighted by Crippen LogP contribution is -2.34. The summed E-state index contributed by atoms with van der Waals surface area (Å²) in [6.45, 7) is 6.19. The summed E-state index contributed by atoms with van der Waals surface area (Å²) in [5.41, 5.74) is 4.78. The highest BCUT2D eigenvalue weighted by molar-refractivity contribution is 5.85. The first kappa shape index (κ1) is 16.8. The molecule has 3 N–H and O–H groups in total. The van der Waals surface area contributed by atoms with E-state index in [1.165, 1.54) is 29.5 Å². The van der Waals surface area contributed by atoms with Crippen LogP contribution in [0, 0.1) is 19.8 Å². The van der Waals surface area contributed by atoms with E-state index in [9.17, 15) is 4.79 Å². The number of halogens is 1. The van der Waals surface area contributed by atoms with Gasteiger partial charge in [-0.3, -0.25) is 4.79 Å². The Kier molecular flexibility index (Phi) is 5.48. The number of fused-ring (bicyclic) bond motifs is 1. The third-order valence-corrected chi connectivity index (χ3v) is 4.28. The molecule has 0 spiro atoms. The molecule has 0 radical (unpaired) electrons. The minimum absolute atomic E-state index is 0. The van der Waals surface area contributed by atoms with E-state index in [4.69, 9.17) is 0 Å². The van der Waals surface area contributed by atoms with Gasteiger partial charge in [-0.1, -0.05) is 6.07 Å². The van der Waals surface area contributed by atoms with Gasteiger partial charge >= 0.3 is 0 Å². The van der Waals surface area contributed by atoms with Crippen molar-refractivity contribution in [2.75, 3.05) is 13.1 Å². The van der Waals surface area contributed by atoms with E-state index in [1.54, 1.807) is 0 Å². The zero-order valence-electron chi connectivity index (χ0n) is 13.2. The number of amides is 1. The number of hydrogen-bond donors (Lipinski definition) is 3. The lowest BCUT2D eigenvalue weighted by atomic mass is 10.1. The number of hydrogen-bond acceptors (Lipinski definition) is 2. The normalized spacial score (nSPS) is 13.9. The van der Waals surface area contributed by atoms with E-state index in [2.05, 4.69) is 47.7 Å². The SMILES string of the molecule is Cc1[nH]c2ccc(CNC(=O)CNCC3CC3)cc2c1C.Cl. The molecule has 0 saturated heterocycles. The van der Waals surface area contributed by atoms with Crippen LogP contribution in [0.1, 0.15) is 29.7 Å². The molecule has 120 valence electrons. The van der Waals surface area contributed by atoms with Crippen molar-refractivity contribution in [2.24, 2.45) is 5.92 Å². The van der Waals surface area contributed by atoms with Gasteiger partial charge in [0.05, 0.1) is 6.54 Å². The van der Waals surface area contributed by atoms with Crippen molar-refractivity contribution in [3.63, 3.8) is 0 Å². The minimum Gasteiger partial charge on any atom is -0.358 e. The van der Waals surface area contributed by atoms with Gasteiger partial charge in [0.15, 0.2) is 0 Å². The van der Waals surface area contributed by atoms with Crippen molar-refractivity contribution in [3.8, 4) is 0 Å². The Bertz CT molecular complexity index is 661. The fourth-order valence-corrected chi connectivity index (χ4v) is 2.59. The highest BCUT2D eigenvalue weighted by Crippen LogP contribution is 2.27. The van der Waals surface area contributed by atoms with E-state index in [0.717, 1.165) is 23.5 Å². The Balaban J connectivity index is 0.00000176. The van der Waals surface area contributed by atoms with Gasteiger partial charge in [0.25, 0.3) is 0 Å². The van der Waals surface area contributed by atoms with Crippen molar-refractivity contribution < 1.29 is 4.79 Å². The highest BCUT2D eigenvalue weighted by Gasteiger charge is 2.20. The molecule has 0 aliphatic heterocycles. The van der Waals surface area contributed by atoms with Gasteiger partial charge in [0.2, 0.25) is 5.91 Å². The predicted octanol–water partition coefficient (Wildman–Crippen LogP) is 2.82. The van der Waals surface area contributed by atoms with Gasteiger partial charge in [0.1, 0.15) is 0 Å². The summed E-state index contributed by atoms with van der Waals surface area (Å²) in [7, 11) is 0. The molecule has 2 aromatic rings. The molecule has 1 saturated carbocycles. The number of carbonyl (C=O) groups is 1. The molecular formula is C17H24ClN3O. The molecule has 0 atom stereocenters. The minimum atomic E-state index is 0. The van der Waals surface area contributed by atoms with Gasteiger partial charge in [-0.05, 0) is 62.4 Å². The average molecular weight is 322 g/mol.